The van der Waals surface area contributed by atoms with Gasteiger partial charge >= 0.3 is 0 Å². The van der Waals surface area contributed by atoms with Crippen LogP contribution in [0.3, 0.4) is 0 Å². The highest BCUT2D eigenvalue weighted by molar-refractivity contribution is 9.08. The Hall–Kier alpha value is -1.03. The van der Waals surface area contributed by atoms with Crippen molar-refractivity contribution in [2.75, 3.05) is 0 Å². The predicted octanol–water partition coefficient (Wildman–Crippen LogP) is 5.70. The maximum Gasteiger partial charge on any atom is 0.174 e. The molecule has 0 amide bonds. The van der Waals surface area contributed by atoms with Crippen LogP contribution in [0.4, 0.5) is 0 Å². The maximum atomic E-state index is 6.13. The molecular weight excluding hydrogens is 349 g/mol. The van der Waals surface area contributed by atoms with Gasteiger partial charge in [-0.05, 0) is 42.0 Å². The summed E-state index contributed by atoms with van der Waals surface area (Å²) in [4.78, 5) is 0. The molecule has 0 aliphatic rings. The van der Waals surface area contributed by atoms with Crippen LogP contribution in [-0.2, 0) is 5.33 Å². The predicted molar refractivity (Wildman–Crippen MR) is 82.1 cm³/mol. The van der Waals surface area contributed by atoms with Crippen LogP contribution in [0.5, 0.6) is 0 Å². The maximum absolute atomic E-state index is 6.13. The molecule has 2 nitrogen and oxygen atoms in total. The molecule has 0 fully saturated rings. The number of fused-ring (bicyclic) bond motifs is 1. The molecule has 19 heavy (non-hydrogen) atoms. The third-order valence-electron chi connectivity index (χ3n) is 2.88. The molecule has 0 saturated carbocycles. The Morgan fingerprint density at radius 2 is 1.79 bits per heavy atom. The average Bonchev–Trinajstić information content (AvgIpc) is 2.82. The number of aromatic nitrogens is 1. The van der Waals surface area contributed by atoms with Crippen molar-refractivity contribution in [1.29, 1.82) is 0 Å². The highest BCUT2D eigenvalue weighted by atomic mass is 79.9. The first-order valence-corrected chi connectivity index (χ1v) is 7.46. The van der Waals surface area contributed by atoms with E-state index >= 15 is 0 Å². The van der Waals surface area contributed by atoms with E-state index in [1.807, 2.05) is 36.4 Å². The number of halogens is 3. The Morgan fingerprint density at radius 1 is 1.05 bits per heavy atom. The SMILES string of the molecule is Clc1ccc(-c2onc3c(CBr)cc(Cl)cc23)cc1. The summed E-state index contributed by atoms with van der Waals surface area (Å²) >= 11 is 15.5. The van der Waals surface area contributed by atoms with E-state index < -0.39 is 0 Å². The van der Waals surface area contributed by atoms with Crippen molar-refractivity contribution in [2.24, 2.45) is 0 Å². The zero-order valence-electron chi connectivity index (χ0n) is 9.66. The van der Waals surface area contributed by atoms with Gasteiger partial charge in [0.2, 0.25) is 0 Å². The second-order valence-electron chi connectivity index (χ2n) is 4.11. The summed E-state index contributed by atoms with van der Waals surface area (Å²) in [5.74, 6) is 0.705. The fourth-order valence-corrected chi connectivity index (χ4v) is 2.78. The average molecular weight is 357 g/mol. The minimum absolute atomic E-state index is 0.667. The normalized spacial score (nSPS) is 11.1. The molecule has 1 aromatic heterocycles. The molecule has 1 heterocycles. The molecule has 0 aliphatic carbocycles. The van der Waals surface area contributed by atoms with Crippen LogP contribution >= 0.6 is 39.1 Å². The van der Waals surface area contributed by atoms with Crippen molar-refractivity contribution in [1.82, 2.24) is 5.16 Å². The van der Waals surface area contributed by atoms with E-state index in [4.69, 9.17) is 27.7 Å². The lowest BCUT2D eigenvalue weighted by molar-refractivity contribution is 0.440. The minimum atomic E-state index is 0.667. The van der Waals surface area contributed by atoms with Crippen LogP contribution in [0.25, 0.3) is 22.2 Å². The monoisotopic (exact) mass is 355 g/mol. The lowest BCUT2D eigenvalue weighted by Gasteiger charge is -2.00. The fraction of sp³-hybridized carbons (Fsp3) is 0.0714. The molecule has 0 unspecified atom stereocenters. The zero-order valence-corrected chi connectivity index (χ0v) is 12.8. The van der Waals surface area contributed by atoms with Gasteiger partial charge in [-0.2, -0.15) is 0 Å². The molecule has 0 atom stereocenters. The van der Waals surface area contributed by atoms with Crippen molar-refractivity contribution in [2.45, 2.75) is 5.33 Å². The first-order chi connectivity index (χ1) is 9.19. The molecule has 0 aliphatic heterocycles. The highest BCUT2D eigenvalue weighted by Crippen LogP contribution is 2.33. The molecule has 0 radical (unpaired) electrons. The van der Waals surface area contributed by atoms with E-state index in [0.717, 1.165) is 22.0 Å². The smallest absolute Gasteiger partial charge is 0.174 e. The third kappa shape index (κ3) is 2.38. The van der Waals surface area contributed by atoms with Crippen molar-refractivity contribution < 1.29 is 4.52 Å². The molecule has 0 N–H and O–H groups in total. The number of hydrogen-bond acceptors (Lipinski definition) is 2. The second-order valence-corrected chi connectivity index (χ2v) is 5.55. The number of benzene rings is 2. The molecule has 96 valence electrons. The number of hydrogen-bond donors (Lipinski definition) is 0. The van der Waals surface area contributed by atoms with Crippen LogP contribution in [0, 0.1) is 0 Å². The lowest BCUT2D eigenvalue weighted by atomic mass is 10.1. The molecule has 2 aromatic carbocycles. The summed E-state index contributed by atoms with van der Waals surface area (Å²) in [6, 6.07) is 11.2. The zero-order chi connectivity index (χ0) is 13.4. The van der Waals surface area contributed by atoms with Crippen LogP contribution in [0.15, 0.2) is 40.9 Å². The van der Waals surface area contributed by atoms with Crippen molar-refractivity contribution in [3.63, 3.8) is 0 Å². The number of nitrogens with zero attached hydrogens (tertiary/aromatic N) is 1. The van der Waals surface area contributed by atoms with E-state index in [1.165, 1.54) is 0 Å². The van der Waals surface area contributed by atoms with Gasteiger partial charge in [-0.3, -0.25) is 0 Å². The summed E-state index contributed by atoms with van der Waals surface area (Å²) in [5, 5.41) is 7.07. The largest absolute Gasteiger partial charge is 0.355 e. The van der Waals surface area contributed by atoms with E-state index in [1.54, 1.807) is 0 Å². The summed E-state index contributed by atoms with van der Waals surface area (Å²) in [5.41, 5.74) is 2.76. The van der Waals surface area contributed by atoms with E-state index in [-0.39, 0.29) is 0 Å². The standard InChI is InChI=1S/C14H8BrCl2NO/c15-7-9-5-11(17)6-12-13(9)18-19-14(12)8-1-3-10(16)4-2-8/h1-6H,7H2. The Bertz CT molecular complexity index is 737. The number of rotatable bonds is 2. The Morgan fingerprint density at radius 3 is 2.47 bits per heavy atom. The van der Waals surface area contributed by atoms with Gasteiger partial charge in [0.15, 0.2) is 5.76 Å². The van der Waals surface area contributed by atoms with E-state index in [2.05, 4.69) is 21.1 Å². The van der Waals surface area contributed by atoms with Gasteiger partial charge in [-0.25, -0.2) is 0 Å². The summed E-state index contributed by atoms with van der Waals surface area (Å²) in [6.45, 7) is 0. The van der Waals surface area contributed by atoms with Crippen LogP contribution < -0.4 is 0 Å². The summed E-state index contributed by atoms with van der Waals surface area (Å²) in [7, 11) is 0. The first kappa shape index (κ1) is 13.0. The van der Waals surface area contributed by atoms with Gasteiger partial charge in [0.05, 0.1) is 5.39 Å². The topological polar surface area (TPSA) is 26.0 Å². The summed E-state index contributed by atoms with van der Waals surface area (Å²) < 4.78 is 5.47. The molecule has 3 rings (SSSR count). The van der Waals surface area contributed by atoms with E-state index in [0.29, 0.717) is 21.1 Å². The van der Waals surface area contributed by atoms with Crippen LogP contribution in [0.2, 0.25) is 10.0 Å². The Labute approximate surface area is 128 Å². The molecule has 0 bridgehead atoms. The summed E-state index contributed by atoms with van der Waals surface area (Å²) in [6.07, 6.45) is 0. The molecule has 0 saturated heterocycles. The molecule has 3 aromatic rings. The van der Waals surface area contributed by atoms with Crippen molar-refractivity contribution in [3.8, 4) is 11.3 Å². The third-order valence-corrected chi connectivity index (χ3v) is 3.95. The van der Waals surface area contributed by atoms with E-state index in [9.17, 15) is 0 Å². The van der Waals surface area contributed by atoms with Crippen LogP contribution in [0.1, 0.15) is 5.56 Å². The molecule has 5 heteroatoms. The Balaban J connectivity index is 2.25. The second kappa shape index (κ2) is 5.16. The number of alkyl halides is 1. The fourth-order valence-electron chi connectivity index (χ4n) is 1.99. The molecular formula is C14H8BrCl2NO. The van der Waals surface area contributed by atoms with Gasteiger partial charge in [-0.1, -0.05) is 44.3 Å². The van der Waals surface area contributed by atoms with Crippen molar-refractivity contribution >= 4 is 50.0 Å². The van der Waals surface area contributed by atoms with Gasteiger partial charge in [0.25, 0.3) is 0 Å². The first-order valence-electron chi connectivity index (χ1n) is 5.59. The van der Waals surface area contributed by atoms with Gasteiger partial charge in [0, 0.05) is 20.9 Å². The molecule has 0 spiro atoms. The van der Waals surface area contributed by atoms with Crippen LogP contribution in [-0.4, -0.2) is 5.16 Å². The van der Waals surface area contributed by atoms with Crippen molar-refractivity contribution in [3.05, 3.63) is 52.0 Å². The lowest BCUT2D eigenvalue weighted by Crippen LogP contribution is -1.81. The quantitative estimate of drug-likeness (QED) is 0.550. The minimum Gasteiger partial charge on any atom is -0.355 e. The Kier molecular flexibility index (Phi) is 3.52. The van der Waals surface area contributed by atoms with Gasteiger partial charge in [-0.15, -0.1) is 0 Å². The van der Waals surface area contributed by atoms with Gasteiger partial charge < -0.3 is 4.52 Å². The van der Waals surface area contributed by atoms with Gasteiger partial charge in [0.1, 0.15) is 5.52 Å². The highest BCUT2D eigenvalue weighted by Gasteiger charge is 2.14.